The summed E-state index contributed by atoms with van der Waals surface area (Å²) in [7, 11) is 0. The summed E-state index contributed by atoms with van der Waals surface area (Å²) >= 11 is 0. The van der Waals surface area contributed by atoms with Gasteiger partial charge in [-0.15, -0.1) is 0 Å². The Morgan fingerprint density at radius 3 is 2.33 bits per heavy atom. The molecule has 1 aromatic heterocycles. The number of hydrazine groups is 1. The van der Waals surface area contributed by atoms with Gasteiger partial charge in [0.1, 0.15) is 23.1 Å². The summed E-state index contributed by atoms with van der Waals surface area (Å²) in [4.78, 5) is 8.70. The van der Waals surface area contributed by atoms with Crippen LogP contribution in [0.3, 0.4) is 0 Å². The Hall–Kier alpha value is -2.34. The Bertz CT molecular complexity index is 599. The van der Waals surface area contributed by atoms with Crippen molar-refractivity contribution in [3.8, 4) is 17.4 Å². The summed E-state index contributed by atoms with van der Waals surface area (Å²) < 4.78 is 11.2. The number of rotatable bonds is 6. The number of benzene rings is 1. The van der Waals surface area contributed by atoms with Gasteiger partial charge in [-0.3, -0.25) is 0 Å². The molecular weight excluding hydrogens is 268 g/mol. The molecule has 0 radical (unpaired) electrons. The Kier molecular flexibility index (Phi) is 4.94. The van der Waals surface area contributed by atoms with Crippen LogP contribution in [0, 0.1) is 6.92 Å². The average Bonchev–Trinajstić information content (AvgIpc) is 2.51. The van der Waals surface area contributed by atoms with E-state index >= 15 is 0 Å². The third-order valence-electron chi connectivity index (χ3n) is 2.95. The van der Waals surface area contributed by atoms with E-state index in [-0.39, 0.29) is 0 Å². The van der Waals surface area contributed by atoms with Crippen molar-refractivity contribution in [1.29, 1.82) is 0 Å². The second-order valence-corrected chi connectivity index (χ2v) is 4.42. The Morgan fingerprint density at radius 2 is 1.76 bits per heavy atom. The smallest absolute Gasteiger partial charge is 0.227 e. The molecular formula is C15H20N4O2. The van der Waals surface area contributed by atoms with Gasteiger partial charge in [0.05, 0.1) is 12.2 Å². The third-order valence-corrected chi connectivity index (χ3v) is 2.95. The number of ether oxygens (including phenoxy) is 2. The van der Waals surface area contributed by atoms with E-state index in [0.29, 0.717) is 36.3 Å². The molecule has 2 rings (SSSR count). The molecule has 0 aliphatic rings. The highest BCUT2D eigenvalue weighted by atomic mass is 16.5. The normalized spacial score (nSPS) is 10.3. The molecule has 0 atom stereocenters. The van der Waals surface area contributed by atoms with E-state index in [1.165, 1.54) is 0 Å². The largest absolute Gasteiger partial charge is 0.494 e. The molecule has 0 bridgehead atoms. The van der Waals surface area contributed by atoms with Crippen molar-refractivity contribution in [2.45, 2.75) is 27.2 Å². The standard InChI is InChI=1S/C15H20N4O2/c1-4-13-17-14(19-16)10(3)15(18-13)21-12-8-6-11(7-9-12)20-5-2/h6-9H,4-5,16H2,1-3H3,(H,17,18,19). The summed E-state index contributed by atoms with van der Waals surface area (Å²) in [6.45, 7) is 6.42. The zero-order valence-electron chi connectivity index (χ0n) is 12.5. The van der Waals surface area contributed by atoms with Gasteiger partial charge in [-0.25, -0.2) is 10.8 Å². The molecule has 6 nitrogen and oxygen atoms in total. The van der Waals surface area contributed by atoms with Gasteiger partial charge in [0.15, 0.2) is 0 Å². The van der Waals surface area contributed by atoms with Gasteiger partial charge in [0.25, 0.3) is 0 Å². The zero-order valence-corrected chi connectivity index (χ0v) is 12.5. The first-order chi connectivity index (χ1) is 10.2. The van der Waals surface area contributed by atoms with Gasteiger partial charge >= 0.3 is 0 Å². The van der Waals surface area contributed by atoms with Crippen molar-refractivity contribution >= 4 is 5.82 Å². The molecule has 0 amide bonds. The van der Waals surface area contributed by atoms with Crippen LogP contribution in [0.5, 0.6) is 17.4 Å². The molecule has 21 heavy (non-hydrogen) atoms. The molecule has 0 fully saturated rings. The van der Waals surface area contributed by atoms with E-state index in [2.05, 4.69) is 15.4 Å². The third kappa shape index (κ3) is 3.61. The summed E-state index contributed by atoms with van der Waals surface area (Å²) in [5.74, 6) is 8.72. The Morgan fingerprint density at radius 1 is 1.10 bits per heavy atom. The van der Waals surface area contributed by atoms with Crippen molar-refractivity contribution in [3.63, 3.8) is 0 Å². The highest BCUT2D eigenvalue weighted by molar-refractivity contribution is 5.49. The molecule has 2 aromatic rings. The fourth-order valence-electron chi connectivity index (χ4n) is 1.82. The first-order valence-corrected chi connectivity index (χ1v) is 6.92. The molecule has 3 N–H and O–H groups in total. The lowest BCUT2D eigenvalue weighted by atomic mass is 10.3. The van der Waals surface area contributed by atoms with Crippen LogP contribution >= 0.6 is 0 Å². The number of hydrogen-bond acceptors (Lipinski definition) is 6. The first-order valence-electron chi connectivity index (χ1n) is 6.92. The van der Waals surface area contributed by atoms with Crippen molar-refractivity contribution in [2.24, 2.45) is 5.84 Å². The number of aromatic nitrogens is 2. The minimum absolute atomic E-state index is 0.499. The van der Waals surface area contributed by atoms with Crippen molar-refractivity contribution < 1.29 is 9.47 Å². The maximum Gasteiger partial charge on any atom is 0.227 e. The SMILES string of the molecule is CCOc1ccc(Oc2nc(CC)nc(NN)c2C)cc1. The van der Waals surface area contributed by atoms with Crippen LogP contribution in [0.1, 0.15) is 25.2 Å². The number of nitrogens with one attached hydrogen (secondary N) is 1. The van der Waals surface area contributed by atoms with Crippen molar-refractivity contribution in [1.82, 2.24) is 9.97 Å². The lowest BCUT2D eigenvalue weighted by molar-refractivity contribution is 0.339. The van der Waals surface area contributed by atoms with E-state index in [9.17, 15) is 0 Å². The van der Waals surface area contributed by atoms with Gasteiger partial charge < -0.3 is 14.9 Å². The minimum atomic E-state index is 0.499. The molecule has 0 unspecified atom stereocenters. The maximum atomic E-state index is 5.83. The fraction of sp³-hybridized carbons (Fsp3) is 0.333. The molecule has 0 aliphatic heterocycles. The average molecular weight is 288 g/mol. The predicted molar refractivity (Wildman–Crippen MR) is 81.6 cm³/mol. The van der Waals surface area contributed by atoms with E-state index in [1.807, 2.05) is 45.0 Å². The van der Waals surface area contributed by atoms with Crippen LogP contribution in [0.4, 0.5) is 5.82 Å². The molecule has 1 heterocycles. The molecule has 1 aromatic carbocycles. The van der Waals surface area contributed by atoms with E-state index in [4.69, 9.17) is 15.3 Å². The number of nitrogens with zero attached hydrogens (tertiary/aromatic N) is 2. The van der Waals surface area contributed by atoms with Crippen LogP contribution < -0.4 is 20.7 Å². The van der Waals surface area contributed by atoms with Crippen LogP contribution in [-0.4, -0.2) is 16.6 Å². The van der Waals surface area contributed by atoms with Gasteiger partial charge in [0.2, 0.25) is 5.88 Å². The zero-order chi connectivity index (χ0) is 15.2. The predicted octanol–water partition coefficient (Wildman–Crippen LogP) is 2.82. The van der Waals surface area contributed by atoms with Crippen molar-refractivity contribution in [2.75, 3.05) is 12.0 Å². The summed E-state index contributed by atoms with van der Waals surface area (Å²) in [6.07, 6.45) is 0.703. The highest BCUT2D eigenvalue weighted by Gasteiger charge is 2.11. The second-order valence-electron chi connectivity index (χ2n) is 4.42. The highest BCUT2D eigenvalue weighted by Crippen LogP contribution is 2.28. The number of nitrogen functional groups attached to an aromatic ring is 1. The van der Waals surface area contributed by atoms with Gasteiger partial charge in [-0.2, -0.15) is 4.98 Å². The molecule has 0 spiro atoms. The molecule has 6 heteroatoms. The maximum absolute atomic E-state index is 5.83. The number of nitrogens with two attached hydrogens (primary N) is 1. The van der Waals surface area contributed by atoms with E-state index < -0.39 is 0 Å². The summed E-state index contributed by atoms with van der Waals surface area (Å²) in [6, 6.07) is 7.40. The molecule has 0 saturated heterocycles. The molecule has 112 valence electrons. The summed E-state index contributed by atoms with van der Waals surface area (Å²) in [5.41, 5.74) is 3.34. The van der Waals surface area contributed by atoms with Gasteiger partial charge in [0, 0.05) is 6.42 Å². The van der Waals surface area contributed by atoms with Crippen LogP contribution in [-0.2, 0) is 6.42 Å². The second kappa shape index (κ2) is 6.90. The number of aryl methyl sites for hydroxylation is 1. The Labute approximate surface area is 124 Å². The fourth-order valence-corrected chi connectivity index (χ4v) is 1.82. The van der Waals surface area contributed by atoms with E-state index in [0.717, 1.165) is 11.3 Å². The molecule has 0 aliphatic carbocycles. The lowest BCUT2D eigenvalue weighted by Gasteiger charge is -2.12. The van der Waals surface area contributed by atoms with Gasteiger partial charge in [-0.1, -0.05) is 6.92 Å². The molecule has 0 saturated carbocycles. The number of anilines is 1. The minimum Gasteiger partial charge on any atom is -0.494 e. The van der Waals surface area contributed by atoms with E-state index in [1.54, 1.807) is 0 Å². The van der Waals surface area contributed by atoms with Crippen LogP contribution in [0.15, 0.2) is 24.3 Å². The van der Waals surface area contributed by atoms with Crippen LogP contribution in [0.25, 0.3) is 0 Å². The Balaban J connectivity index is 2.25. The summed E-state index contributed by atoms with van der Waals surface area (Å²) in [5, 5.41) is 0. The van der Waals surface area contributed by atoms with Gasteiger partial charge in [-0.05, 0) is 38.1 Å². The van der Waals surface area contributed by atoms with Crippen LogP contribution in [0.2, 0.25) is 0 Å². The van der Waals surface area contributed by atoms with Crippen molar-refractivity contribution in [3.05, 3.63) is 35.7 Å². The lowest BCUT2D eigenvalue weighted by Crippen LogP contribution is -2.13. The monoisotopic (exact) mass is 288 g/mol. The topological polar surface area (TPSA) is 82.3 Å². The number of hydrogen-bond donors (Lipinski definition) is 2. The quantitative estimate of drug-likeness (QED) is 0.628. The first kappa shape index (κ1) is 15.1.